The molecular formula is C27H32N4O3. The van der Waals surface area contributed by atoms with Crippen molar-refractivity contribution in [3.8, 4) is 11.5 Å². The molecule has 0 radical (unpaired) electrons. The fourth-order valence-electron chi connectivity index (χ4n) is 4.23. The quantitative estimate of drug-likeness (QED) is 0.486. The summed E-state index contributed by atoms with van der Waals surface area (Å²) in [5.74, 6) is 1.44. The average molecular weight is 461 g/mol. The molecule has 0 saturated carbocycles. The molecule has 1 saturated heterocycles. The lowest BCUT2D eigenvalue weighted by Crippen LogP contribution is -2.44. The third-order valence-electron chi connectivity index (χ3n) is 6.22. The highest BCUT2D eigenvalue weighted by Crippen LogP contribution is 2.25. The van der Waals surface area contributed by atoms with Gasteiger partial charge in [-0.15, -0.1) is 0 Å². The molecule has 0 unspecified atom stereocenters. The second kappa shape index (κ2) is 11.1. The van der Waals surface area contributed by atoms with Crippen molar-refractivity contribution in [1.29, 1.82) is 0 Å². The van der Waals surface area contributed by atoms with Gasteiger partial charge >= 0.3 is 0 Å². The molecule has 0 atom stereocenters. The summed E-state index contributed by atoms with van der Waals surface area (Å²) in [4.78, 5) is 26.3. The second-order valence-electron chi connectivity index (χ2n) is 8.70. The maximum absolute atomic E-state index is 12.8. The normalized spacial score (nSPS) is 14.1. The van der Waals surface area contributed by atoms with Crippen molar-refractivity contribution in [2.45, 2.75) is 19.3 Å². The van der Waals surface area contributed by atoms with E-state index in [1.807, 2.05) is 24.3 Å². The lowest BCUT2D eigenvalue weighted by atomic mass is 10.0. The van der Waals surface area contributed by atoms with Gasteiger partial charge in [0.1, 0.15) is 23.6 Å². The van der Waals surface area contributed by atoms with E-state index in [0.29, 0.717) is 17.9 Å². The molecule has 2 heterocycles. The minimum atomic E-state index is 0.0627. The number of Topliss-reactive ketones (excluding diaryl/α,β-unsaturated/α-hetero) is 1. The number of hydrogen-bond acceptors (Lipinski definition) is 7. The number of carbonyl (C=O) groups is 1. The van der Waals surface area contributed by atoms with Gasteiger partial charge < -0.3 is 19.3 Å². The molecule has 1 fully saturated rings. The van der Waals surface area contributed by atoms with Crippen LogP contribution in [0.4, 0.5) is 5.69 Å². The molecule has 34 heavy (non-hydrogen) atoms. The Morgan fingerprint density at radius 2 is 1.62 bits per heavy atom. The largest absolute Gasteiger partial charge is 0.497 e. The summed E-state index contributed by atoms with van der Waals surface area (Å²) in [5.41, 5.74) is 4.89. The van der Waals surface area contributed by atoms with E-state index in [4.69, 9.17) is 9.47 Å². The highest BCUT2D eigenvalue weighted by molar-refractivity contribution is 5.83. The first-order valence-electron chi connectivity index (χ1n) is 11.6. The smallest absolute Gasteiger partial charge is 0.143 e. The molecule has 7 nitrogen and oxygen atoms in total. The molecule has 7 heteroatoms. The lowest BCUT2D eigenvalue weighted by Gasteiger charge is -2.34. The van der Waals surface area contributed by atoms with E-state index < -0.39 is 0 Å². The first-order chi connectivity index (χ1) is 16.5. The third kappa shape index (κ3) is 6.11. The molecule has 178 valence electrons. The Kier molecular flexibility index (Phi) is 7.75. The van der Waals surface area contributed by atoms with E-state index >= 15 is 0 Å². The Morgan fingerprint density at radius 1 is 0.882 bits per heavy atom. The van der Waals surface area contributed by atoms with Crippen LogP contribution in [-0.4, -0.2) is 68.1 Å². The lowest BCUT2D eigenvalue weighted by molar-refractivity contribution is -0.117. The maximum Gasteiger partial charge on any atom is 0.143 e. The van der Waals surface area contributed by atoms with Crippen LogP contribution in [0.5, 0.6) is 11.5 Å². The fraction of sp³-hybridized carbons (Fsp3) is 0.370. The van der Waals surface area contributed by atoms with E-state index in [0.717, 1.165) is 43.1 Å². The van der Waals surface area contributed by atoms with Crippen LogP contribution in [0.2, 0.25) is 0 Å². The van der Waals surface area contributed by atoms with E-state index in [2.05, 4.69) is 51.1 Å². The van der Waals surface area contributed by atoms with Crippen LogP contribution >= 0.6 is 0 Å². The van der Waals surface area contributed by atoms with Crippen molar-refractivity contribution in [2.24, 2.45) is 0 Å². The van der Waals surface area contributed by atoms with Crippen LogP contribution in [0.25, 0.3) is 0 Å². The zero-order chi connectivity index (χ0) is 23.9. The zero-order valence-electron chi connectivity index (χ0n) is 20.2. The number of nitrogens with zero attached hydrogens (tertiary/aromatic N) is 4. The molecule has 3 aromatic rings. The SMILES string of the molecule is COc1ccc(OC)c(CC(=O)Cc2cc(Cc3ccc(N4CCN(C)CC4)cc3)ncn2)c1. The highest BCUT2D eigenvalue weighted by atomic mass is 16.5. The first-order valence-corrected chi connectivity index (χ1v) is 11.6. The van der Waals surface area contributed by atoms with Gasteiger partial charge in [-0.3, -0.25) is 4.79 Å². The van der Waals surface area contributed by atoms with Crippen LogP contribution in [0.3, 0.4) is 0 Å². The number of likely N-dealkylation sites (N-methyl/N-ethyl adjacent to an activating group) is 1. The molecule has 0 N–H and O–H groups in total. The van der Waals surface area contributed by atoms with E-state index in [-0.39, 0.29) is 18.6 Å². The Bertz CT molecular complexity index is 1110. The van der Waals surface area contributed by atoms with Crippen molar-refractivity contribution in [1.82, 2.24) is 14.9 Å². The number of hydrogen-bond donors (Lipinski definition) is 0. The Balaban J connectivity index is 1.37. The van der Waals surface area contributed by atoms with E-state index in [1.165, 1.54) is 11.3 Å². The summed E-state index contributed by atoms with van der Waals surface area (Å²) in [6, 6.07) is 16.1. The molecule has 0 amide bonds. The molecular weight excluding hydrogens is 428 g/mol. The first kappa shape index (κ1) is 23.7. The number of aromatic nitrogens is 2. The fourth-order valence-corrected chi connectivity index (χ4v) is 4.23. The standard InChI is InChI=1S/C27H32N4O3/c1-30-10-12-31(13-11-30)24-6-4-20(5-7-24)14-22-17-23(29-19-28-22)18-25(32)15-21-16-26(33-2)8-9-27(21)34-3/h4-9,16-17,19H,10-15,18H2,1-3H3. The molecule has 4 rings (SSSR count). The van der Waals surface area contributed by atoms with Crippen molar-refractivity contribution >= 4 is 11.5 Å². The van der Waals surface area contributed by atoms with Crippen molar-refractivity contribution in [3.05, 3.63) is 77.4 Å². The summed E-state index contributed by atoms with van der Waals surface area (Å²) >= 11 is 0. The number of ketones is 1. The predicted molar refractivity (Wildman–Crippen MR) is 133 cm³/mol. The summed E-state index contributed by atoms with van der Waals surface area (Å²) in [6.45, 7) is 4.30. The van der Waals surface area contributed by atoms with Gasteiger partial charge in [-0.1, -0.05) is 12.1 Å². The second-order valence-corrected chi connectivity index (χ2v) is 8.70. The summed E-state index contributed by atoms with van der Waals surface area (Å²) in [6.07, 6.45) is 2.75. The third-order valence-corrected chi connectivity index (χ3v) is 6.22. The molecule has 0 aliphatic carbocycles. The summed E-state index contributed by atoms with van der Waals surface area (Å²) < 4.78 is 10.7. The topological polar surface area (TPSA) is 67.8 Å². The zero-order valence-corrected chi connectivity index (χ0v) is 20.2. The van der Waals surface area contributed by atoms with Crippen molar-refractivity contribution < 1.29 is 14.3 Å². The van der Waals surface area contributed by atoms with Crippen LogP contribution in [0, 0.1) is 0 Å². The summed E-state index contributed by atoms with van der Waals surface area (Å²) in [5, 5.41) is 0. The monoisotopic (exact) mass is 460 g/mol. The van der Waals surface area contributed by atoms with Gasteiger partial charge in [0.05, 0.1) is 19.9 Å². The van der Waals surface area contributed by atoms with Gasteiger partial charge in [-0.2, -0.15) is 0 Å². The predicted octanol–water partition coefficient (Wildman–Crippen LogP) is 3.19. The van der Waals surface area contributed by atoms with Gasteiger partial charge in [0.25, 0.3) is 0 Å². The number of anilines is 1. The molecule has 2 aromatic carbocycles. The average Bonchev–Trinajstić information content (AvgIpc) is 2.85. The maximum atomic E-state index is 12.8. The number of methoxy groups -OCH3 is 2. The van der Waals surface area contributed by atoms with Crippen LogP contribution in [-0.2, 0) is 24.1 Å². The number of carbonyl (C=O) groups excluding carboxylic acids is 1. The van der Waals surface area contributed by atoms with Crippen LogP contribution in [0.15, 0.2) is 54.9 Å². The van der Waals surface area contributed by atoms with Gasteiger partial charge in [0.15, 0.2) is 0 Å². The van der Waals surface area contributed by atoms with Crippen molar-refractivity contribution in [2.75, 3.05) is 52.3 Å². The number of piperazine rings is 1. The number of benzene rings is 2. The Hall–Kier alpha value is -3.45. The van der Waals surface area contributed by atoms with E-state index in [9.17, 15) is 4.79 Å². The number of rotatable bonds is 9. The molecule has 0 spiro atoms. The van der Waals surface area contributed by atoms with Crippen molar-refractivity contribution in [3.63, 3.8) is 0 Å². The van der Waals surface area contributed by atoms with Gasteiger partial charge in [0.2, 0.25) is 0 Å². The highest BCUT2D eigenvalue weighted by Gasteiger charge is 2.15. The minimum Gasteiger partial charge on any atom is -0.497 e. The van der Waals surface area contributed by atoms with Gasteiger partial charge in [0, 0.05) is 62.4 Å². The van der Waals surface area contributed by atoms with E-state index in [1.54, 1.807) is 20.5 Å². The molecule has 1 aliphatic rings. The Labute approximate surface area is 201 Å². The Morgan fingerprint density at radius 3 is 2.32 bits per heavy atom. The van der Waals surface area contributed by atoms with Gasteiger partial charge in [-0.25, -0.2) is 9.97 Å². The van der Waals surface area contributed by atoms with Crippen LogP contribution in [0.1, 0.15) is 22.5 Å². The van der Waals surface area contributed by atoms with Gasteiger partial charge in [-0.05, 0) is 49.0 Å². The summed E-state index contributed by atoms with van der Waals surface area (Å²) in [7, 11) is 5.37. The molecule has 1 aliphatic heterocycles. The number of ether oxygens (including phenoxy) is 2. The minimum absolute atomic E-state index is 0.0627. The van der Waals surface area contributed by atoms with Crippen LogP contribution < -0.4 is 14.4 Å². The molecule has 1 aromatic heterocycles. The molecule has 0 bridgehead atoms.